The summed E-state index contributed by atoms with van der Waals surface area (Å²) in [5.41, 5.74) is 10.3. The Morgan fingerprint density at radius 1 is 1.08 bits per heavy atom. The molecule has 0 spiro atoms. The minimum absolute atomic E-state index is 0.0850. The van der Waals surface area contributed by atoms with Crippen LogP contribution in [0.3, 0.4) is 0 Å². The smallest absolute Gasteiger partial charge is 0.147 e. The number of nitrogens with zero attached hydrogens (tertiary/aromatic N) is 5. The van der Waals surface area contributed by atoms with Crippen LogP contribution in [-0.2, 0) is 0 Å². The predicted octanol–water partition coefficient (Wildman–Crippen LogP) is 5.77. The van der Waals surface area contributed by atoms with Crippen molar-refractivity contribution in [1.29, 1.82) is 5.26 Å². The number of fused-ring (bicyclic) bond motifs is 1. The Bertz CT molecular complexity index is 1540. The van der Waals surface area contributed by atoms with E-state index in [1.807, 2.05) is 6.07 Å². The number of aromatic amines is 1. The van der Waals surface area contributed by atoms with Crippen LogP contribution in [0.25, 0.3) is 33.5 Å². The molecule has 1 aliphatic rings. The molecule has 1 aliphatic heterocycles. The number of nitriles is 1. The summed E-state index contributed by atoms with van der Waals surface area (Å²) >= 11 is 0. The zero-order valence-corrected chi connectivity index (χ0v) is 21.9. The number of alkyl halides is 2. The third-order valence-electron chi connectivity index (χ3n) is 7.49. The van der Waals surface area contributed by atoms with Crippen LogP contribution in [0.1, 0.15) is 55.2 Å². The van der Waals surface area contributed by atoms with Gasteiger partial charge in [0.2, 0.25) is 0 Å². The Morgan fingerprint density at radius 3 is 2.46 bits per heavy atom. The van der Waals surface area contributed by atoms with Crippen molar-refractivity contribution in [2.24, 2.45) is 5.73 Å². The van der Waals surface area contributed by atoms with Gasteiger partial charge in [-0.2, -0.15) is 5.26 Å². The Hall–Kier alpha value is -3.97. The maximum atomic E-state index is 14.8. The number of H-pyrrole nitrogens is 1. The molecule has 1 saturated heterocycles. The molecule has 2 aromatic carbocycles. The van der Waals surface area contributed by atoms with Crippen LogP contribution in [0.15, 0.2) is 36.8 Å². The molecular formula is C29H30F3N7. The van der Waals surface area contributed by atoms with E-state index in [0.29, 0.717) is 63.6 Å². The number of rotatable bonds is 7. The summed E-state index contributed by atoms with van der Waals surface area (Å²) in [4.78, 5) is 19.3. The van der Waals surface area contributed by atoms with Crippen molar-refractivity contribution in [3.63, 3.8) is 0 Å². The summed E-state index contributed by atoms with van der Waals surface area (Å²) in [6.07, 6.45) is 4.80. The lowest BCUT2D eigenvalue weighted by molar-refractivity contribution is 0.431. The van der Waals surface area contributed by atoms with Crippen LogP contribution in [0.5, 0.6) is 0 Å². The molecule has 2 aromatic heterocycles. The van der Waals surface area contributed by atoms with Crippen molar-refractivity contribution < 1.29 is 13.2 Å². The van der Waals surface area contributed by atoms with E-state index in [0.717, 1.165) is 12.8 Å². The number of hydrogen-bond acceptors (Lipinski definition) is 6. The zero-order chi connectivity index (χ0) is 27.7. The summed E-state index contributed by atoms with van der Waals surface area (Å²) in [5.74, 6) is -1.17. The number of piperidine rings is 1. The van der Waals surface area contributed by atoms with Crippen LogP contribution in [0.4, 0.5) is 19.0 Å². The first-order chi connectivity index (χ1) is 18.9. The first kappa shape index (κ1) is 26.6. The van der Waals surface area contributed by atoms with Gasteiger partial charge in [0, 0.05) is 42.1 Å². The standard InChI is InChI=1S/C29H30F3N7/c1-16(11-30)25-21(10-23-29(37-15-36-23)26(25)17(2)12-31)28-27(18-3-4-19(13-33)22(32)9-18)38-24(14-35-28)39-7-5-20(34)6-8-39/h3-4,9-10,14-17,20H,5-8,11-12,34H2,1-2H3,(H,36,37). The molecule has 10 heteroatoms. The van der Waals surface area contributed by atoms with Crippen molar-refractivity contribution in [2.45, 2.75) is 44.6 Å². The molecule has 0 saturated carbocycles. The number of halogens is 3. The molecule has 0 bridgehead atoms. The molecule has 0 amide bonds. The van der Waals surface area contributed by atoms with Crippen molar-refractivity contribution >= 4 is 16.9 Å². The number of benzene rings is 2. The lowest BCUT2D eigenvalue weighted by Crippen LogP contribution is -2.40. The number of nitrogens with two attached hydrogens (primary N) is 1. The zero-order valence-electron chi connectivity index (χ0n) is 21.9. The van der Waals surface area contributed by atoms with E-state index in [2.05, 4.69) is 14.9 Å². The van der Waals surface area contributed by atoms with Gasteiger partial charge in [-0.25, -0.2) is 14.4 Å². The molecule has 3 heterocycles. The molecule has 2 unspecified atom stereocenters. The summed E-state index contributed by atoms with van der Waals surface area (Å²) in [6.45, 7) is 3.60. The van der Waals surface area contributed by atoms with E-state index in [4.69, 9.17) is 15.7 Å². The number of imidazole rings is 1. The topological polar surface area (TPSA) is 108 Å². The summed E-state index contributed by atoms with van der Waals surface area (Å²) in [5, 5.41) is 9.25. The fourth-order valence-electron chi connectivity index (χ4n) is 5.33. The van der Waals surface area contributed by atoms with E-state index < -0.39 is 31.0 Å². The van der Waals surface area contributed by atoms with Crippen LogP contribution >= 0.6 is 0 Å². The maximum absolute atomic E-state index is 14.8. The summed E-state index contributed by atoms with van der Waals surface area (Å²) in [7, 11) is 0. The van der Waals surface area contributed by atoms with Crippen LogP contribution < -0.4 is 10.6 Å². The highest BCUT2D eigenvalue weighted by Gasteiger charge is 2.28. The van der Waals surface area contributed by atoms with Crippen molar-refractivity contribution in [3.8, 4) is 28.6 Å². The van der Waals surface area contributed by atoms with Gasteiger partial charge in [-0.05, 0) is 42.2 Å². The summed E-state index contributed by atoms with van der Waals surface area (Å²) in [6, 6.07) is 8.06. The van der Waals surface area contributed by atoms with Gasteiger partial charge in [0.1, 0.15) is 17.7 Å². The lowest BCUT2D eigenvalue weighted by Gasteiger charge is -2.31. The first-order valence-electron chi connectivity index (χ1n) is 13.1. The van der Waals surface area contributed by atoms with E-state index in [9.17, 15) is 18.4 Å². The highest BCUT2D eigenvalue weighted by atomic mass is 19.1. The number of nitrogens with one attached hydrogen (secondary N) is 1. The minimum Gasteiger partial charge on any atom is -0.355 e. The minimum atomic E-state index is -0.677. The van der Waals surface area contributed by atoms with Crippen LogP contribution in [-0.4, -0.2) is 52.4 Å². The number of hydrogen-bond donors (Lipinski definition) is 2. The molecule has 0 aliphatic carbocycles. The third-order valence-corrected chi connectivity index (χ3v) is 7.49. The molecule has 0 radical (unpaired) electrons. The third kappa shape index (κ3) is 4.94. The van der Waals surface area contributed by atoms with E-state index in [1.54, 1.807) is 32.2 Å². The van der Waals surface area contributed by atoms with E-state index >= 15 is 0 Å². The second-order valence-electron chi connectivity index (χ2n) is 10.2. The monoisotopic (exact) mass is 533 g/mol. The SMILES string of the molecule is CC(CF)c1c(-c2ncc(N3CCC(N)CC3)nc2-c2ccc(C#N)c(F)c2)cc2nc[nH]c2c1C(C)CF. The summed E-state index contributed by atoms with van der Waals surface area (Å²) < 4.78 is 43.2. The van der Waals surface area contributed by atoms with Crippen molar-refractivity contribution in [2.75, 3.05) is 31.3 Å². The Morgan fingerprint density at radius 2 is 1.79 bits per heavy atom. The van der Waals surface area contributed by atoms with Crippen molar-refractivity contribution in [3.05, 3.63) is 59.3 Å². The molecule has 7 nitrogen and oxygen atoms in total. The average Bonchev–Trinajstić information content (AvgIpc) is 3.44. The highest BCUT2D eigenvalue weighted by Crippen LogP contribution is 2.42. The Labute approximate surface area is 224 Å². The normalized spacial score (nSPS) is 15.9. The molecular weight excluding hydrogens is 503 g/mol. The van der Waals surface area contributed by atoms with Gasteiger partial charge in [-0.15, -0.1) is 0 Å². The molecule has 1 fully saturated rings. The van der Waals surface area contributed by atoms with Gasteiger partial charge < -0.3 is 15.6 Å². The van der Waals surface area contributed by atoms with Gasteiger partial charge in [-0.1, -0.05) is 19.9 Å². The number of anilines is 1. The van der Waals surface area contributed by atoms with Crippen molar-refractivity contribution in [1.82, 2.24) is 19.9 Å². The Kier molecular flexibility index (Phi) is 7.53. The Balaban J connectivity index is 1.79. The second-order valence-corrected chi connectivity index (χ2v) is 10.2. The molecule has 2 atom stereocenters. The number of aromatic nitrogens is 4. The quantitative estimate of drug-likeness (QED) is 0.312. The molecule has 5 rings (SSSR count). The fraction of sp³-hybridized carbons (Fsp3) is 0.379. The highest BCUT2D eigenvalue weighted by molar-refractivity contribution is 5.91. The molecule has 4 aromatic rings. The van der Waals surface area contributed by atoms with Gasteiger partial charge in [-0.3, -0.25) is 13.8 Å². The lowest BCUT2D eigenvalue weighted by atomic mass is 9.83. The molecule has 202 valence electrons. The maximum Gasteiger partial charge on any atom is 0.147 e. The predicted molar refractivity (Wildman–Crippen MR) is 145 cm³/mol. The van der Waals surface area contributed by atoms with E-state index in [1.165, 1.54) is 18.5 Å². The van der Waals surface area contributed by atoms with Crippen LogP contribution in [0, 0.1) is 17.1 Å². The van der Waals surface area contributed by atoms with Gasteiger partial charge in [0.05, 0.1) is 53.9 Å². The van der Waals surface area contributed by atoms with E-state index in [-0.39, 0.29) is 11.6 Å². The largest absolute Gasteiger partial charge is 0.355 e. The molecule has 3 N–H and O–H groups in total. The fourth-order valence-corrected chi connectivity index (χ4v) is 5.33. The average molecular weight is 534 g/mol. The van der Waals surface area contributed by atoms with Gasteiger partial charge >= 0.3 is 0 Å². The first-order valence-corrected chi connectivity index (χ1v) is 13.1. The van der Waals surface area contributed by atoms with Gasteiger partial charge in [0.25, 0.3) is 0 Å². The van der Waals surface area contributed by atoms with Gasteiger partial charge in [0.15, 0.2) is 0 Å². The second kappa shape index (κ2) is 11.0. The van der Waals surface area contributed by atoms with Crippen LogP contribution in [0.2, 0.25) is 0 Å². The molecule has 39 heavy (non-hydrogen) atoms.